The highest BCUT2D eigenvalue weighted by molar-refractivity contribution is 6.31. The predicted molar refractivity (Wildman–Crippen MR) is 113 cm³/mol. The molecule has 1 aliphatic heterocycles. The Morgan fingerprint density at radius 2 is 2.14 bits per heavy atom. The number of nitrogens with zero attached hydrogens (tertiary/aromatic N) is 3. The van der Waals surface area contributed by atoms with E-state index in [0.717, 1.165) is 28.1 Å². The lowest BCUT2D eigenvalue weighted by Gasteiger charge is -2.24. The van der Waals surface area contributed by atoms with E-state index in [0.29, 0.717) is 29.6 Å². The van der Waals surface area contributed by atoms with Crippen LogP contribution < -0.4 is 14.4 Å². The van der Waals surface area contributed by atoms with Gasteiger partial charge in [0, 0.05) is 22.7 Å². The SMILES string of the molecule is CCN(C(=O)Cn1ncc2c1-c1cc(C)ccc1OC2)c1cc(Cl)ccc1OC. The number of halogens is 1. The highest BCUT2D eigenvalue weighted by atomic mass is 35.5. The third-order valence-electron chi connectivity index (χ3n) is 5.02. The molecule has 0 unspecified atom stereocenters. The zero-order chi connectivity index (χ0) is 20.5. The molecule has 0 bridgehead atoms. The third-order valence-corrected chi connectivity index (χ3v) is 5.26. The number of fused-ring (bicyclic) bond motifs is 3. The highest BCUT2D eigenvalue weighted by Crippen LogP contribution is 2.38. The maximum Gasteiger partial charge on any atom is 0.248 e. The minimum atomic E-state index is -0.0975. The fourth-order valence-electron chi connectivity index (χ4n) is 3.64. The van der Waals surface area contributed by atoms with Crippen molar-refractivity contribution in [2.24, 2.45) is 0 Å². The average molecular weight is 412 g/mol. The van der Waals surface area contributed by atoms with Crippen LogP contribution in [0.4, 0.5) is 5.69 Å². The molecule has 29 heavy (non-hydrogen) atoms. The maximum absolute atomic E-state index is 13.2. The Morgan fingerprint density at radius 3 is 2.90 bits per heavy atom. The second kappa shape index (κ2) is 7.79. The molecule has 6 nitrogen and oxygen atoms in total. The van der Waals surface area contributed by atoms with Crippen LogP contribution in [0.2, 0.25) is 5.02 Å². The van der Waals surface area contributed by atoms with Crippen LogP contribution in [-0.4, -0.2) is 29.3 Å². The number of methoxy groups -OCH3 is 1. The zero-order valence-corrected chi connectivity index (χ0v) is 17.4. The van der Waals surface area contributed by atoms with Gasteiger partial charge in [-0.25, -0.2) is 0 Å². The second-order valence-electron chi connectivity index (χ2n) is 6.92. The molecule has 1 aromatic heterocycles. The van der Waals surface area contributed by atoms with Crippen LogP contribution in [0.1, 0.15) is 18.1 Å². The number of ether oxygens (including phenoxy) is 2. The normalized spacial score (nSPS) is 12.0. The first-order valence-electron chi connectivity index (χ1n) is 9.44. The van der Waals surface area contributed by atoms with Crippen molar-refractivity contribution in [3.63, 3.8) is 0 Å². The van der Waals surface area contributed by atoms with Crippen molar-refractivity contribution in [1.29, 1.82) is 0 Å². The number of benzene rings is 2. The van der Waals surface area contributed by atoms with Gasteiger partial charge >= 0.3 is 0 Å². The van der Waals surface area contributed by atoms with Crippen molar-refractivity contribution in [3.05, 3.63) is 58.7 Å². The average Bonchev–Trinajstić information content (AvgIpc) is 3.12. The standard InChI is InChI=1S/C22H22ClN3O3/c1-4-25(18-10-16(23)6-8-20(18)28-3)21(27)12-26-22-15(11-24-26)13-29-19-7-5-14(2)9-17(19)22/h5-11H,4,12-13H2,1-3H3. The van der Waals surface area contributed by atoms with Gasteiger partial charge in [-0.2, -0.15) is 5.10 Å². The van der Waals surface area contributed by atoms with Crippen molar-refractivity contribution < 1.29 is 14.3 Å². The van der Waals surface area contributed by atoms with Gasteiger partial charge in [-0.05, 0) is 44.2 Å². The molecule has 2 heterocycles. The van der Waals surface area contributed by atoms with Gasteiger partial charge in [-0.3, -0.25) is 9.48 Å². The summed E-state index contributed by atoms with van der Waals surface area (Å²) in [4.78, 5) is 14.9. The molecule has 2 aromatic carbocycles. The summed E-state index contributed by atoms with van der Waals surface area (Å²) < 4.78 is 13.0. The van der Waals surface area contributed by atoms with Crippen LogP contribution in [0.5, 0.6) is 11.5 Å². The number of aryl methyl sites for hydroxylation is 1. The molecule has 0 atom stereocenters. The van der Waals surface area contributed by atoms with Crippen molar-refractivity contribution in [2.45, 2.75) is 27.0 Å². The summed E-state index contributed by atoms with van der Waals surface area (Å²) in [6.07, 6.45) is 1.77. The van der Waals surface area contributed by atoms with Crippen LogP contribution in [0.15, 0.2) is 42.6 Å². The topological polar surface area (TPSA) is 56.6 Å². The number of aromatic nitrogens is 2. The number of hydrogen-bond donors (Lipinski definition) is 0. The van der Waals surface area contributed by atoms with Crippen molar-refractivity contribution >= 4 is 23.2 Å². The summed E-state index contributed by atoms with van der Waals surface area (Å²) in [7, 11) is 1.58. The number of rotatable bonds is 5. The minimum Gasteiger partial charge on any atom is -0.495 e. The number of likely N-dealkylation sites (N-methyl/N-ethyl adjacent to an activating group) is 1. The fourth-order valence-corrected chi connectivity index (χ4v) is 3.81. The molecule has 3 aromatic rings. The number of carbonyl (C=O) groups excluding carboxylic acids is 1. The smallest absolute Gasteiger partial charge is 0.248 e. The summed E-state index contributed by atoms with van der Waals surface area (Å²) in [6, 6.07) is 11.3. The lowest BCUT2D eigenvalue weighted by molar-refractivity contribution is -0.119. The van der Waals surface area contributed by atoms with Gasteiger partial charge < -0.3 is 14.4 Å². The molecule has 0 N–H and O–H groups in total. The number of amides is 1. The molecule has 150 valence electrons. The molecule has 1 aliphatic rings. The first-order chi connectivity index (χ1) is 14.0. The van der Waals surface area contributed by atoms with Crippen LogP contribution >= 0.6 is 11.6 Å². The van der Waals surface area contributed by atoms with Gasteiger partial charge in [0.05, 0.1) is 24.7 Å². The number of anilines is 1. The van der Waals surface area contributed by atoms with Crippen LogP contribution in [0.3, 0.4) is 0 Å². The molecule has 0 aliphatic carbocycles. The van der Waals surface area contributed by atoms with E-state index in [2.05, 4.69) is 11.2 Å². The molecule has 1 amide bonds. The van der Waals surface area contributed by atoms with E-state index >= 15 is 0 Å². The van der Waals surface area contributed by atoms with Crippen molar-refractivity contribution in [3.8, 4) is 22.8 Å². The molecule has 0 radical (unpaired) electrons. The molecular formula is C22H22ClN3O3. The van der Waals surface area contributed by atoms with Gasteiger partial charge in [0.25, 0.3) is 0 Å². The van der Waals surface area contributed by atoms with E-state index in [9.17, 15) is 4.79 Å². The first-order valence-corrected chi connectivity index (χ1v) is 9.82. The quantitative estimate of drug-likeness (QED) is 0.621. The second-order valence-corrected chi connectivity index (χ2v) is 7.35. The summed E-state index contributed by atoms with van der Waals surface area (Å²) >= 11 is 6.16. The molecule has 0 saturated carbocycles. The summed E-state index contributed by atoms with van der Waals surface area (Å²) in [5.41, 5.74) is 4.63. The molecule has 7 heteroatoms. The lowest BCUT2D eigenvalue weighted by Crippen LogP contribution is -2.34. The Kier molecular flexibility index (Phi) is 5.20. The van der Waals surface area contributed by atoms with Gasteiger partial charge in [0.15, 0.2) is 0 Å². The van der Waals surface area contributed by atoms with E-state index < -0.39 is 0 Å². The lowest BCUT2D eigenvalue weighted by atomic mass is 10.0. The van der Waals surface area contributed by atoms with Crippen LogP contribution in [0.25, 0.3) is 11.3 Å². The number of hydrogen-bond acceptors (Lipinski definition) is 4. The van der Waals surface area contributed by atoms with Gasteiger partial charge in [-0.1, -0.05) is 23.2 Å². The van der Waals surface area contributed by atoms with E-state index in [-0.39, 0.29) is 12.5 Å². The first kappa shape index (κ1) is 19.3. The van der Waals surface area contributed by atoms with Crippen molar-refractivity contribution in [1.82, 2.24) is 9.78 Å². The Bertz CT molecular complexity index is 1080. The fraction of sp³-hybridized carbons (Fsp3) is 0.273. The summed E-state index contributed by atoms with van der Waals surface area (Å²) in [6.45, 7) is 4.98. The molecule has 0 saturated heterocycles. The monoisotopic (exact) mass is 411 g/mol. The van der Waals surface area contributed by atoms with Crippen molar-refractivity contribution in [2.75, 3.05) is 18.6 Å². The van der Waals surface area contributed by atoms with Gasteiger partial charge in [0.2, 0.25) is 5.91 Å². The predicted octanol–water partition coefficient (Wildman–Crippen LogP) is 4.47. The van der Waals surface area contributed by atoms with E-state index in [4.69, 9.17) is 21.1 Å². The summed E-state index contributed by atoms with van der Waals surface area (Å²) in [5, 5.41) is 5.02. The minimum absolute atomic E-state index is 0.0975. The van der Waals surface area contributed by atoms with Gasteiger partial charge in [-0.15, -0.1) is 0 Å². The largest absolute Gasteiger partial charge is 0.495 e. The Balaban J connectivity index is 1.68. The third kappa shape index (κ3) is 3.56. The molecule has 0 fully saturated rings. The maximum atomic E-state index is 13.2. The highest BCUT2D eigenvalue weighted by Gasteiger charge is 2.25. The van der Waals surface area contributed by atoms with Gasteiger partial charge in [0.1, 0.15) is 24.7 Å². The molecule has 0 spiro atoms. The molecule has 4 rings (SSSR count). The van der Waals surface area contributed by atoms with Crippen LogP contribution in [0, 0.1) is 6.92 Å². The van der Waals surface area contributed by atoms with Crippen LogP contribution in [-0.2, 0) is 17.9 Å². The number of carbonyl (C=O) groups is 1. The Morgan fingerprint density at radius 1 is 1.31 bits per heavy atom. The summed E-state index contributed by atoms with van der Waals surface area (Å²) in [5.74, 6) is 1.31. The van der Waals surface area contributed by atoms with E-state index in [1.165, 1.54) is 0 Å². The molecular weight excluding hydrogens is 390 g/mol. The zero-order valence-electron chi connectivity index (χ0n) is 16.6. The Labute approximate surface area is 174 Å². The van der Waals surface area contributed by atoms with E-state index in [1.54, 1.807) is 41.1 Å². The van der Waals surface area contributed by atoms with E-state index in [1.807, 2.05) is 26.0 Å². The Hall–Kier alpha value is -2.99.